The molecule has 2 aromatic heterocycles. The smallest absolute Gasteiger partial charge is 0.267 e. The van der Waals surface area contributed by atoms with E-state index < -0.39 is 0 Å². The number of hydrogen-bond acceptors (Lipinski definition) is 3. The van der Waals surface area contributed by atoms with E-state index >= 15 is 0 Å². The highest BCUT2D eigenvalue weighted by molar-refractivity contribution is 7.21. The molecule has 0 aliphatic carbocycles. The number of benzene rings is 1. The van der Waals surface area contributed by atoms with Gasteiger partial charge in [-0.3, -0.25) is 9.78 Å². The van der Waals surface area contributed by atoms with E-state index in [9.17, 15) is 9.18 Å². The number of amides is 1. The molecule has 1 amide bonds. The van der Waals surface area contributed by atoms with E-state index in [1.165, 1.54) is 12.1 Å². The molecule has 0 spiro atoms. The molecular weight excluding hydrogens is 299 g/mol. The predicted molar refractivity (Wildman–Crippen MR) is 79.0 cm³/mol. The van der Waals surface area contributed by atoms with Crippen molar-refractivity contribution in [3.63, 3.8) is 0 Å². The van der Waals surface area contributed by atoms with Crippen LogP contribution in [-0.2, 0) is 0 Å². The van der Waals surface area contributed by atoms with E-state index in [4.69, 9.17) is 11.6 Å². The Bertz CT molecular complexity index is 788. The second-order valence-corrected chi connectivity index (χ2v) is 5.51. The van der Waals surface area contributed by atoms with E-state index in [1.807, 2.05) is 0 Å². The van der Waals surface area contributed by atoms with Gasteiger partial charge in [0.2, 0.25) is 0 Å². The first-order chi connectivity index (χ1) is 9.65. The first-order valence-corrected chi connectivity index (χ1v) is 6.93. The van der Waals surface area contributed by atoms with Gasteiger partial charge in [-0.1, -0.05) is 11.6 Å². The Morgan fingerprint density at radius 2 is 2.20 bits per heavy atom. The van der Waals surface area contributed by atoms with E-state index in [2.05, 4.69) is 10.3 Å². The van der Waals surface area contributed by atoms with Crippen LogP contribution >= 0.6 is 22.9 Å². The van der Waals surface area contributed by atoms with Crippen molar-refractivity contribution in [2.45, 2.75) is 0 Å². The second kappa shape index (κ2) is 5.19. The molecule has 0 saturated heterocycles. The maximum Gasteiger partial charge on any atom is 0.267 e. The van der Waals surface area contributed by atoms with Gasteiger partial charge >= 0.3 is 0 Å². The van der Waals surface area contributed by atoms with Gasteiger partial charge in [-0.2, -0.15) is 0 Å². The lowest BCUT2D eigenvalue weighted by Gasteiger charge is -2.02. The average molecular weight is 307 g/mol. The number of hydrogen-bond donors (Lipinski definition) is 1. The molecule has 3 nitrogen and oxygen atoms in total. The molecule has 2 heterocycles. The Labute approximate surface area is 123 Å². The van der Waals surface area contributed by atoms with Crippen molar-refractivity contribution in [2.24, 2.45) is 0 Å². The fourth-order valence-electron chi connectivity index (χ4n) is 1.81. The number of rotatable bonds is 2. The zero-order chi connectivity index (χ0) is 14.1. The first kappa shape index (κ1) is 13.0. The minimum absolute atomic E-state index is 0.329. The van der Waals surface area contributed by atoms with Gasteiger partial charge in [-0.25, -0.2) is 4.39 Å². The molecule has 0 fully saturated rings. The number of nitrogens with zero attached hydrogens (tertiary/aromatic N) is 1. The standard InChI is InChI=1S/C14H8ClFN2OS/c15-12-10-4-3-8(16)6-11(10)20-13(12)14(19)18-9-2-1-5-17-7-9/h1-7H,(H,18,19). The number of pyridine rings is 1. The van der Waals surface area contributed by atoms with Crippen LogP contribution in [0.1, 0.15) is 9.67 Å². The number of aromatic nitrogens is 1. The zero-order valence-electron chi connectivity index (χ0n) is 10.1. The van der Waals surface area contributed by atoms with Gasteiger partial charge in [-0.15, -0.1) is 11.3 Å². The van der Waals surface area contributed by atoms with Gasteiger partial charge < -0.3 is 5.32 Å². The Morgan fingerprint density at radius 1 is 1.35 bits per heavy atom. The van der Waals surface area contributed by atoms with Crippen LogP contribution < -0.4 is 5.32 Å². The lowest BCUT2D eigenvalue weighted by atomic mass is 10.2. The minimum Gasteiger partial charge on any atom is -0.320 e. The number of carbonyl (C=O) groups is 1. The summed E-state index contributed by atoms with van der Waals surface area (Å²) < 4.78 is 13.8. The van der Waals surface area contributed by atoms with Gasteiger partial charge in [-0.05, 0) is 30.3 Å². The summed E-state index contributed by atoms with van der Waals surface area (Å²) in [5.41, 5.74) is 0.581. The largest absolute Gasteiger partial charge is 0.320 e. The monoisotopic (exact) mass is 306 g/mol. The Kier molecular flexibility index (Phi) is 3.38. The summed E-state index contributed by atoms with van der Waals surface area (Å²) in [5.74, 6) is -0.681. The maximum absolute atomic E-state index is 13.2. The van der Waals surface area contributed by atoms with Crippen LogP contribution in [-0.4, -0.2) is 10.9 Å². The van der Waals surface area contributed by atoms with Crippen LogP contribution in [0.15, 0.2) is 42.7 Å². The predicted octanol–water partition coefficient (Wildman–Crippen LogP) is 4.34. The highest BCUT2D eigenvalue weighted by atomic mass is 35.5. The van der Waals surface area contributed by atoms with Gasteiger partial charge in [0.25, 0.3) is 5.91 Å². The van der Waals surface area contributed by atoms with Crippen molar-refractivity contribution in [3.05, 3.63) is 58.4 Å². The van der Waals surface area contributed by atoms with E-state index in [-0.39, 0.29) is 11.7 Å². The van der Waals surface area contributed by atoms with Crippen molar-refractivity contribution in [1.29, 1.82) is 0 Å². The molecule has 0 unspecified atom stereocenters. The molecule has 1 aromatic carbocycles. The van der Waals surface area contributed by atoms with Crippen LogP contribution in [0.3, 0.4) is 0 Å². The molecule has 0 aliphatic rings. The first-order valence-electron chi connectivity index (χ1n) is 5.74. The van der Waals surface area contributed by atoms with E-state index in [1.54, 1.807) is 30.6 Å². The van der Waals surface area contributed by atoms with Gasteiger partial charge in [0.1, 0.15) is 10.7 Å². The molecule has 100 valence electrons. The summed E-state index contributed by atoms with van der Waals surface area (Å²) in [5, 5.41) is 3.72. The fourth-order valence-corrected chi connectivity index (χ4v) is 3.25. The quantitative estimate of drug-likeness (QED) is 0.765. The fraction of sp³-hybridized carbons (Fsp3) is 0. The third-order valence-corrected chi connectivity index (χ3v) is 4.37. The zero-order valence-corrected chi connectivity index (χ0v) is 11.6. The van der Waals surface area contributed by atoms with Crippen molar-refractivity contribution in [1.82, 2.24) is 4.98 Å². The summed E-state index contributed by atoms with van der Waals surface area (Å²) >= 11 is 7.34. The summed E-state index contributed by atoms with van der Waals surface area (Å²) in [6, 6.07) is 7.71. The highest BCUT2D eigenvalue weighted by Crippen LogP contribution is 2.36. The molecule has 0 atom stereocenters. The van der Waals surface area contributed by atoms with Gasteiger partial charge in [0.15, 0.2) is 0 Å². The molecule has 1 N–H and O–H groups in total. The molecule has 0 bridgehead atoms. The summed E-state index contributed by atoms with van der Waals surface area (Å²) in [6.45, 7) is 0. The SMILES string of the molecule is O=C(Nc1cccnc1)c1sc2cc(F)ccc2c1Cl. The topological polar surface area (TPSA) is 42.0 Å². The Morgan fingerprint density at radius 3 is 2.95 bits per heavy atom. The number of carbonyl (C=O) groups excluding carboxylic acids is 1. The second-order valence-electron chi connectivity index (χ2n) is 4.08. The molecule has 20 heavy (non-hydrogen) atoms. The number of fused-ring (bicyclic) bond motifs is 1. The van der Waals surface area contributed by atoms with Crippen LogP contribution in [0.4, 0.5) is 10.1 Å². The van der Waals surface area contributed by atoms with Crippen LogP contribution in [0.25, 0.3) is 10.1 Å². The van der Waals surface area contributed by atoms with Crippen molar-refractivity contribution >= 4 is 44.6 Å². The molecule has 3 rings (SSSR count). The maximum atomic E-state index is 13.2. The number of nitrogens with one attached hydrogen (secondary N) is 1. The summed E-state index contributed by atoms with van der Waals surface area (Å²) in [6.07, 6.45) is 3.16. The normalized spacial score (nSPS) is 10.7. The number of halogens is 2. The highest BCUT2D eigenvalue weighted by Gasteiger charge is 2.17. The third kappa shape index (κ3) is 2.37. The van der Waals surface area contributed by atoms with Gasteiger partial charge in [0, 0.05) is 16.3 Å². The van der Waals surface area contributed by atoms with E-state index in [0.717, 1.165) is 11.3 Å². The molecule has 0 saturated carbocycles. The lowest BCUT2D eigenvalue weighted by molar-refractivity contribution is 0.103. The number of anilines is 1. The average Bonchev–Trinajstić information content (AvgIpc) is 2.76. The van der Waals surface area contributed by atoms with Gasteiger partial charge in [0.05, 0.1) is 16.9 Å². The molecule has 3 aromatic rings. The lowest BCUT2D eigenvalue weighted by Crippen LogP contribution is -2.10. The van der Waals surface area contributed by atoms with Crippen LogP contribution in [0.2, 0.25) is 5.02 Å². The van der Waals surface area contributed by atoms with Crippen molar-refractivity contribution < 1.29 is 9.18 Å². The van der Waals surface area contributed by atoms with Crippen LogP contribution in [0.5, 0.6) is 0 Å². The molecule has 6 heteroatoms. The summed E-state index contributed by atoms with van der Waals surface area (Å²) in [7, 11) is 0. The molecule has 0 radical (unpaired) electrons. The van der Waals surface area contributed by atoms with Crippen molar-refractivity contribution in [3.8, 4) is 0 Å². The summed E-state index contributed by atoms with van der Waals surface area (Å²) in [4.78, 5) is 16.5. The Balaban J connectivity index is 1.97. The minimum atomic E-state index is -0.352. The Hall–Kier alpha value is -1.98. The van der Waals surface area contributed by atoms with Crippen molar-refractivity contribution in [2.75, 3.05) is 5.32 Å². The van der Waals surface area contributed by atoms with E-state index in [0.29, 0.717) is 25.7 Å². The van der Waals surface area contributed by atoms with Crippen LogP contribution in [0, 0.1) is 5.82 Å². The molecular formula is C14H8ClFN2OS. The third-order valence-electron chi connectivity index (χ3n) is 2.72. The molecule has 0 aliphatic heterocycles. The number of thiophene rings is 1.